The maximum absolute atomic E-state index is 13.3. The maximum Gasteiger partial charge on any atom is 0.321 e. The summed E-state index contributed by atoms with van der Waals surface area (Å²) in [7, 11) is 0. The molecule has 2 aromatic rings. The van der Waals surface area contributed by atoms with Gasteiger partial charge in [0.25, 0.3) is 5.91 Å². The number of benzene rings is 2. The van der Waals surface area contributed by atoms with Gasteiger partial charge in [0, 0.05) is 49.7 Å². The van der Waals surface area contributed by atoms with Gasteiger partial charge in [0.15, 0.2) is 0 Å². The third-order valence-corrected chi connectivity index (χ3v) is 5.36. The van der Waals surface area contributed by atoms with Gasteiger partial charge in [0.1, 0.15) is 5.82 Å². The van der Waals surface area contributed by atoms with E-state index in [9.17, 15) is 18.8 Å². The topological polar surface area (TPSA) is 93.8 Å². The first-order valence-corrected chi connectivity index (χ1v) is 10.6. The Morgan fingerprint density at radius 3 is 2.28 bits per heavy atom. The van der Waals surface area contributed by atoms with Gasteiger partial charge in [0.05, 0.1) is 6.04 Å². The van der Waals surface area contributed by atoms with Gasteiger partial charge >= 0.3 is 6.03 Å². The van der Waals surface area contributed by atoms with Gasteiger partial charge in [-0.1, -0.05) is 6.07 Å². The quantitative estimate of drug-likeness (QED) is 0.643. The van der Waals surface area contributed by atoms with Crippen LogP contribution in [0.3, 0.4) is 0 Å². The molecule has 1 unspecified atom stereocenters. The zero-order valence-corrected chi connectivity index (χ0v) is 18.2. The number of hydrogen-bond donors (Lipinski definition) is 3. The number of carbonyl (C=O) groups is 3. The summed E-state index contributed by atoms with van der Waals surface area (Å²) in [4.78, 5) is 40.6. The van der Waals surface area contributed by atoms with E-state index in [1.165, 1.54) is 12.1 Å². The third-order valence-electron chi connectivity index (χ3n) is 5.36. The Morgan fingerprint density at radius 1 is 0.969 bits per heavy atom. The molecule has 2 aromatic carbocycles. The summed E-state index contributed by atoms with van der Waals surface area (Å²) in [6, 6.07) is 11.8. The van der Waals surface area contributed by atoms with Crippen molar-refractivity contribution in [2.24, 2.45) is 0 Å². The Balaban J connectivity index is 1.47. The summed E-state index contributed by atoms with van der Waals surface area (Å²) in [5, 5.41) is 8.29. The van der Waals surface area contributed by atoms with Crippen LogP contribution in [0.25, 0.3) is 0 Å². The highest BCUT2D eigenvalue weighted by Gasteiger charge is 2.27. The molecule has 0 aromatic heterocycles. The van der Waals surface area contributed by atoms with Crippen molar-refractivity contribution in [1.82, 2.24) is 15.1 Å². The molecule has 1 fully saturated rings. The highest BCUT2D eigenvalue weighted by Crippen LogP contribution is 2.14. The molecule has 0 aliphatic carbocycles. The molecule has 9 heteroatoms. The molecule has 1 saturated heterocycles. The van der Waals surface area contributed by atoms with Crippen molar-refractivity contribution in [1.29, 1.82) is 0 Å². The summed E-state index contributed by atoms with van der Waals surface area (Å²) in [5.74, 6) is -0.785. The fourth-order valence-electron chi connectivity index (χ4n) is 3.46. The number of nitrogens with zero attached hydrogens (tertiary/aromatic N) is 2. The number of halogens is 1. The minimum absolute atomic E-state index is 0.156. The zero-order chi connectivity index (χ0) is 23.1. The number of piperazine rings is 1. The molecular formula is C23H28FN5O3. The lowest BCUT2D eigenvalue weighted by Crippen LogP contribution is -2.54. The van der Waals surface area contributed by atoms with Crippen molar-refractivity contribution in [3.8, 4) is 0 Å². The minimum Gasteiger partial charge on any atom is -0.352 e. The van der Waals surface area contributed by atoms with Crippen LogP contribution in [0.4, 0.5) is 20.6 Å². The van der Waals surface area contributed by atoms with Crippen LogP contribution in [0, 0.1) is 5.82 Å². The van der Waals surface area contributed by atoms with E-state index in [1.54, 1.807) is 48.2 Å². The molecule has 0 saturated carbocycles. The standard InChI is InChI=1S/C23H28FN5O3/c1-3-25-22(31)17-7-9-19(10-8-17)27-23(32)29-13-11-28(12-14-29)16(2)21(30)26-20-6-4-5-18(24)15-20/h4-10,15-16H,3,11-14H2,1-2H3,(H,25,31)(H,26,30)(H,27,32). The van der Waals surface area contributed by atoms with Crippen molar-refractivity contribution in [2.45, 2.75) is 19.9 Å². The predicted molar refractivity (Wildman–Crippen MR) is 121 cm³/mol. The van der Waals surface area contributed by atoms with Gasteiger partial charge in [-0.15, -0.1) is 0 Å². The number of urea groups is 1. The second kappa shape index (κ2) is 10.7. The SMILES string of the molecule is CCNC(=O)c1ccc(NC(=O)N2CCN(C(C)C(=O)Nc3cccc(F)c3)CC2)cc1. The van der Waals surface area contributed by atoms with Crippen molar-refractivity contribution in [3.63, 3.8) is 0 Å². The van der Waals surface area contributed by atoms with Crippen molar-refractivity contribution < 1.29 is 18.8 Å². The lowest BCUT2D eigenvalue weighted by atomic mass is 10.2. The van der Waals surface area contributed by atoms with Gasteiger partial charge in [-0.2, -0.15) is 0 Å². The molecule has 0 radical (unpaired) electrons. The Bertz CT molecular complexity index is 958. The molecule has 0 spiro atoms. The largest absolute Gasteiger partial charge is 0.352 e. The van der Waals surface area contributed by atoms with E-state index in [0.29, 0.717) is 49.7 Å². The van der Waals surface area contributed by atoms with Gasteiger partial charge in [-0.05, 0) is 56.3 Å². The van der Waals surface area contributed by atoms with Gasteiger partial charge in [-0.3, -0.25) is 14.5 Å². The van der Waals surface area contributed by atoms with Crippen LogP contribution in [-0.2, 0) is 4.79 Å². The summed E-state index contributed by atoms with van der Waals surface area (Å²) in [6.45, 7) is 6.22. The second-order valence-corrected chi connectivity index (χ2v) is 7.57. The molecule has 3 rings (SSSR count). The predicted octanol–water partition coefficient (Wildman–Crippen LogP) is 2.75. The summed E-state index contributed by atoms with van der Waals surface area (Å²) >= 11 is 0. The highest BCUT2D eigenvalue weighted by atomic mass is 19.1. The van der Waals surface area contributed by atoms with E-state index in [1.807, 2.05) is 11.8 Å². The van der Waals surface area contributed by atoms with E-state index in [2.05, 4.69) is 16.0 Å². The third kappa shape index (κ3) is 6.04. The van der Waals surface area contributed by atoms with E-state index in [0.717, 1.165) is 0 Å². The Labute approximate surface area is 186 Å². The Morgan fingerprint density at radius 2 is 1.66 bits per heavy atom. The number of anilines is 2. The van der Waals surface area contributed by atoms with Crippen LogP contribution >= 0.6 is 0 Å². The molecule has 1 aliphatic heterocycles. The van der Waals surface area contributed by atoms with Crippen molar-refractivity contribution in [2.75, 3.05) is 43.4 Å². The van der Waals surface area contributed by atoms with Crippen LogP contribution < -0.4 is 16.0 Å². The summed E-state index contributed by atoms with van der Waals surface area (Å²) in [5.41, 5.74) is 1.55. The first-order chi connectivity index (χ1) is 15.4. The van der Waals surface area contributed by atoms with Crippen LogP contribution in [0.15, 0.2) is 48.5 Å². The van der Waals surface area contributed by atoms with Crippen LogP contribution in [0.2, 0.25) is 0 Å². The highest BCUT2D eigenvalue weighted by molar-refractivity contribution is 5.96. The molecule has 1 heterocycles. The average molecular weight is 442 g/mol. The number of carbonyl (C=O) groups excluding carboxylic acids is 3. The van der Waals surface area contributed by atoms with E-state index in [4.69, 9.17) is 0 Å². The average Bonchev–Trinajstić information content (AvgIpc) is 2.79. The van der Waals surface area contributed by atoms with Crippen LogP contribution in [-0.4, -0.2) is 66.4 Å². The first kappa shape index (κ1) is 23.2. The zero-order valence-electron chi connectivity index (χ0n) is 18.2. The normalized spacial score (nSPS) is 15.0. The maximum atomic E-state index is 13.3. The molecule has 1 atom stereocenters. The van der Waals surface area contributed by atoms with E-state index >= 15 is 0 Å². The van der Waals surface area contributed by atoms with Gasteiger partial charge in [0.2, 0.25) is 5.91 Å². The molecule has 170 valence electrons. The monoisotopic (exact) mass is 441 g/mol. The number of hydrogen-bond acceptors (Lipinski definition) is 4. The lowest BCUT2D eigenvalue weighted by molar-refractivity contribution is -0.121. The number of nitrogens with one attached hydrogen (secondary N) is 3. The van der Waals surface area contributed by atoms with Crippen LogP contribution in [0.5, 0.6) is 0 Å². The number of rotatable bonds is 6. The van der Waals surface area contributed by atoms with Crippen molar-refractivity contribution in [3.05, 3.63) is 59.9 Å². The molecule has 3 N–H and O–H groups in total. The second-order valence-electron chi connectivity index (χ2n) is 7.57. The molecule has 0 bridgehead atoms. The molecule has 8 nitrogen and oxygen atoms in total. The Kier molecular flexibility index (Phi) is 7.77. The smallest absolute Gasteiger partial charge is 0.321 e. The minimum atomic E-state index is -0.412. The van der Waals surface area contributed by atoms with Crippen LogP contribution in [0.1, 0.15) is 24.2 Å². The molecule has 1 aliphatic rings. The fraction of sp³-hybridized carbons (Fsp3) is 0.348. The lowest BCUT2D eigenvalue weighted by Gasteiger charge is -2.37. The molecular weight excluding hydrogens is 413 g/mol. The fourth-order valence-corrected chi connectivity index (χ4v) is 3.46. The van der Waals surface area contributed by atoms with E-state index < -0.39 is 11.9 Å². The first-order valence-electron chi connectivity index (χ1n) is 10.6. The van der Waals surface area contributed by atoms with Gasteiger partial charge in [-0.25, -0.2) is 9.18 Å². The Hall–Kier alpha value is -3.46. The number of amides is 4. The van der Waals surface area contributed by atoms with Crippen molar-refractivity contribution >= 4 is 29.2 Å². The molecule has 32 heavy (non-hydrogen) atoms. The van der Waals surface area contributed by atoms with E-state index in [-0.39, 0.29) is 17.8 Å². The molecule has 4 amide bonds. The summed E-state index contributed by atoms with van der Waals surface area (Å²) in [6.07, 6.45) is 0. The summed E-state index contributed by atoms with van der Waals surface area (Å²) < 4.78 is 13.3. The van der Waals surface area contributed by atoms with Gasteiger partial charge < -0.3 is 20.9 Å².